The number of carbonyl (C=O) groups excluding carboxylic acids is 1. The van der Waals surface area contributed by atoms with Crippen molar-refractivity contribution in [2.24, 2.45) is 15.3 Å². The summed E-state index contributed by atoms with van der Waals surface area (Å²) in [4.78, 5) is 11.9. The number of azo groups is 1. The smallest absolute Gasteiger partial charge is 0.277 e. The van der Waals surface area contributed by atoms with Gasteiger partial charge in [0.1, 0.15) is 11.5 Å². The van der Waals surface area contributed by atoms with Gasteiger partial charge in [-0.2, -0.15) is 15.3 Å². The minimum Gasteiger partial charge on any atom is -0.507 e. The molecule has 2 N–H and O–H groups in total. The third kappa shape index (κ3) is 6.40. The Kier molecular flexibility index (Phi) is 7.53. The Hall–Kier alpha value is -3.23. The number of ether oxygens (including phenoxy) is 1. The van der Waals surface area contributed by atoms with Gasteiger partial charge in [0.2, 0.25) is 0 Å². The Morgan fingerprint density at radius 3 is 2.60 bits per heavy atom. The number of nitrogens with zero attached hydrogens (tertiary/aromatic N) is 3. The van der Waals surface area contributed by atoms with Crippen LogP contribution in [-0.2, 0) is 4.79 Å². The first-order chi connectivity index (χ1) is 14.5. The highest BCUT2D eigenvalue weighted by molar-refractivity contribution is 9.10. The Labute approximate surface area is 186 Å². The molecule has 3 aromatic rings. The maximum atomic E-state index is 11.9. The molecule has 0 aliphatic heterocycles. The van der Waals surface area contributed by atoms with E-state index in [2.05, 4.69) is 36.7 Å². The van der Waals surface area contributed by atoms with Gasteiger partial charge in [0, 0.05) is 10.6 Å². The van der Waals surface area contributed by atoms with Crippen LogP contribution in [0.2, 0.25) is 5.02 Å². The molecule has 0 saturated heterocycles. The summed E-state index contributed by atoms with van der Waals surface area (Å²) in [7, 11) is 0. The van der Waals surface area contributed by atoms with Crippen LogP contribution in [0, 0.1) is 0 Å². The number of carbonyl (C=O) groups is 1. The molecular weight excluding hydrogens is 472 g/mol. The number of amides is 1. The zero-order valence-electron chi connectivity index (χ0n) is 15.5. The van der Waals surface area contributed by atoms with E-state index in [-0.39, 0.29) is 12.4 Å². The molecular formula is C21H16BrClN4O3. The molecule has 0 aliphatic carbocycles. The standard InChI is InChI=1S/C21H16BrClN4O3/c22-18-11-15(23)6-9-20(18)30-13-21(29)27-24-12-14-10-17(7-8-19(14)28)26-25-16-4-2-1-3-5-16/h1-12,28H,13H2,(H,27,29)/b24-12-,26-25?. The highest BCUT2D eigenvalue weighted by atomic mass is 79.9. The van der Waals surface area contributed by atoms with Crippen LogP contribution >= 0.6 is 27.5 Å². The summed E-state index contributed by atoms with van der Waals surface area (Å²) in [6.45, 7) is -0.241. The largest absolute Gasteiger partial charge is 0.507 e. The number of hydrazone groups is 1. The molecule has 0 atom stereocenters. The minimum absolute atomic E-state index is 0.00648. The molecule has 0 bridgehead atoms. The normalized spacial score (nSPS) is 11.1. The zero-order chi connectivity index (χ0) is 21.3. The van der Waals surface area contributed by atoms with Gasteiger partial charge in [-0.25, -0.2) is 5.43 Å². The third-order valence-electron chi connectivity index (χ3n) is 3.69. The third-order valence-corrected chi connectivity index (χ3v) is 4.55. The van der Waals surface area contributed by atoms with Crippen molar-refractivity contribution in [3.8, 4) is 11.5 Å². The van der Waals surface area contributed by atoms with E-state index in [0.29, 0.717) is 32.2 Å². The molecule has 0 radical (unpaired) electrons. The summed E-state index contributed by atoms with van der Waals surface area (Å²) in [5.74, 6) is 0.00756. The molecule has 3 rings (SSSR count). The number of nitrogens with one attached hydrogen (secondary N) is 1. The first kappa shape index (κ1) is 21.5. The molecule has 0 aromatic heterocycles. The SMILES string of the molecule is O=C(COc1ccc(Cl)cc1Br)N/N=C\c1cc(N=Nc2ccccc2)ccc1O. The van der Waals surface area contributed by atoms with Gasteiger partial charge in [-0.1, -0.05) is 29.8 Å². The van der Waals surface area contributed by atoms with Gasteiger partial charge in [0.15, 0.2) is 6.61 Å². The van der Waals surface area contributed by atoms with Crippen molar-refractivity contribution >= 4 is 51.0 Å². The van der Waals surface area contributed by atoms with Gasteiger partial charge in [-0.15, -0.1) is 0 Å². The lowest BCUT2D eigenvalue weighted by Gasteiger charge is -2.07. The molecule has 0 aliphatic rings. The summed E-state index contributed by atoms with van der Waals surface area (Å²) < 4.78 is 6.04. The van der Waals surface area contributed by atoms with Crippen LogP contribution in [0.25, 0.3) is 0 Å². The number of hydrogen-bond donors (Lipinski definition) is 2. The maximum absolute atomic E-state index is 11.9. The van der Waals surface area contributed by atoms with Crippen molar-refractivity contribution in [2.75, 3.05) is 6.61 Å². The fraction of sp³-hybridized carbons (Fsp3) is 0.0476. The van der Waals surface area contributed by atoms with Crippen LogP contribution < -0.4 is 10.2 Å². The van der Waals surface area contributed by atoms with E-state index in [1.807, 2.05) is 30.3 Å². The van der Waals surface area contributed by atoms with Crippen LogP contribution in [0.3, 0.4) is 0 Å². The average molecular weight is 488 g/mol. The summed E-state index contributed by atoms with van der Waals surface area (Å²) >= 11 is 9.17. The van der Waals surface area contributed by atoms with E-state index < -0.39 is 5.91 Å². The first-order valence-electron chi connectivity index (χ1n) is 8.71. The highest BCUT2D eigenvalue weighted by Crippen LogP contribution is 2.28. The number of aromatic hydroxyl groups is 1. The summed E-state index contributed by atoms with van der Waals surface area (Å²) in [5, 5.41) is 22.6. The predicted molar refractivity (Wildman–Crippen MR) is 119 cm³/mol. The fourth-order valence-corrected chi connectivity index (χ4v) is 3.06. The van der Waals surface area contributed by atoms with Gasteiger partial charge in [0.25, 0.3) is 5.91 Å². The van der Waals surface area contributed by atoms with Gasteiger partial charge in [-0.3, -0.25) is 4.79 Å². The van der Waals surface area contributed by atoms with Crippen molar-refractivity contribution in [3.63, 3.8) is 0 Å². The van der Waals surface area contributed by atoms with Gasteiger partial charge in [0.05, 0.1) is 22.1 Å². The summed E-state index contributed by atoms with van der Waals surface area (Å²) in [6, 6.07) is 18.9. The van der Waals surface area contributed by atoms with E-state index in [1.165, 1.54) is 12.3 Å². The predicted octanol–water partition coefficient (Wildman–Crippen LogP) is 5.75. The summed E-state index contributed by atoms with van der Waals surface area (Å²) in [6.07, 6.45) is 1.31. The van der Waals surface area contributed by atoms with Crippen LogP contribution in [-0.4, -0.2) is 23.8 Å². The molecule has 152 valence electrons. The molecule has 30 heavy (non-hydrogen) atoms. The van der Waals surface area contributed by atoms with Gasteiger partial charge in [-0.05, 0) is 64.5 Å². The quantitative estimate of drug-likeness (QED) is 0.252. The number of hydrogen-bond acceptors (Lipinski definition) is 6. The Morgan fingerprint density at radius 2 is 1.83 bits per heavy atom. The van der Waals surface area contributed by atoms with E-state index in [0.717, 1.165) is 0 Å². The Morgan fingerprint density at radius 1 is 1.07 bits per heavy atom. The van der Waals surface area contributed by atoms with Crippen molar-refractivity contribution < 1.29 is 14.6 Å². The van der Waals surface area contributed by atoms with Crippen LogP contribution in [0.15, 0.2) is 86.5 Å². The van der Waals surface area contributed by atoms with E-state index in [4.69, 9.17) is 16.3 Å². The topological polar surface area (TPSA) is 95.6 Å². The first-order valence-corrected chi connectivity index (χ1v) is 9.88. The van der Waals surface area contributed by atoms with Crippen LogP contribution in [0.5, 0.6) is 11.5 Å². The van der Waals surface area contributed by atoms with Crippen LogP contribution in [0.1, 0.15) is 5.56 Å². The molecule has 9 heteroatoms. The molecule has 0 saturated carbocycles. The monoisotopic (exact) mass is 486 g/mol. The lowest BCUT2D eigenvalue weighted by atomic mass is 10.2. The van der Waals surface area contributed by atoms with Gasteiger partial charge >= 0.3 is 0 Å². The lowest BCUT2D eigenvalue weighted by Crippen LogP contribution is -2.24. The Balaban J connectivity index is 1.57. The van der Waals surface area contributed by atoms with E-state index in [1.54, 1.807) is 30.3 Å². The molecule has 1 amide bonds. The van der Waals surface area contributed by atoms with Crippen molar-refractivity contribution in [2.45, 2.75) is 0 Å². The molecule has 0 unspecified atom stereocenters. The zero-order valence-corrected chi connectivity index (χ0v) is 17.8. The highest BCUT2D eigenvalue weighted by Gasteiger charge is 2.06. The number of rotatable bonds is 7. The van der Waals surface area contributed by atoms with Crippen molar-refractivity contribution in [1.29, 1.82) is 0 Å². The van der Waals surface area contributed by atoms with E-state index in [9.17, 15) is 9.90 Å². The molecule has 0 spiro atoms. The van der Waals surface area contributed by atoms with Crippen molar-refractivity contribution in [3.05, 3.63) is 81.8 Å². The number of halogens is 2. The molecule has 0 fully saturated rings. The fourth-order valence-electron chi connectivity index (χ4n) is 2.26. The minimum atomic E-state index is -0.465. The lowest BCUT2D eigenvalue weighted by molar-refractivity contribution is -0.123. The number of phenolic OH excluding ortho intramolecular Hbond substituents is 1. The number of phenols is 1. The maximum Gasteiger partial charge on any atom is 0.277 e. The average Bonchev–Trinajstić information content (AvgIpc) is 2.74. The van der Waals surface area contributed by atoms with Crippen molar-refractivity contribution in [1.82, 2.24) is 5.43 Å². The van der Waals surface area contributed by atoms with E-state index >= 15 is 0 Å². The number of benzene rings is 3. The second-order valence-electron chi connectivity index (χ2n) is 5.94. The second-order valence-corrected chi connectivity index (χ2v) is 7.23. The molecule has 3 aromatic carbocycles. The molecule has 0 heterocycles. The van der Waals surface area contributed by atoms with Crippen LogP contribution in [0.4, 0.5) is 11.4 Å². The molecule has 7 nitrogen and oxygen atoms in total. The Bertz CT molecular complexity index is 1090. The van der Waals surface area contributed by atoms with Gasteiger partial charge < -0.3 is 9.84 Å². The second kappa shape index (κ2) is 10.5. The summed E-state index contributed by atoms with van der Waals surface area (Å²) in [5.41, 5.74) is 3.95.